The van der Waals surface area contributed by atoms with Crippen molar-refractivity contribution in [3.05, 3.63) is 83.8 Å². The highest BCUT2D eigenvalue weighted by Gasteiger charge is 2.36. The zero-order chi connectivity index (χ0) is 26.2. The molecule has 0 atom stereocenters. The van der Waals surface area contributed by atoms with Crippen LogP contribution in [0.5, 0.6) is 5.75 Å². The lowest BCUT2D eigenvalue weighted by Crippen LogP contribution is -2.43. The van der Waals surface area contributed by atoms with E-state index in [9.17, 15) is 10.2 Å². The number of pyridine rings is 2. The first kappa shape index (κ1) is 24.7. The average Bonchev–Trinajstić information content (AvgIpc) is 2.92. The van der Waals surface area contributed by atoms with Crippen molar-refractivity contribution in [3.63, 3.8) is 0 Å². The molecule has 7 heteroatoms. The van der Waals surface area contributed by atoms with Gasteiger partial charge in [0.1, 0.15) is 5.60 Å². The number of hydrogen-bond donors (Lipinski definition) is 2. The number of aromatic nitrogens is 2. The zero-order valence-electron chi connectivity index (χ0n) is 21.3. The number of nitriles is 1. The molecule has 1 aliphatic rings. The van der Waals surface area contributed by atoms with Crippen molar-refractivity contribution in [2.24, 2.45) is 0 Å². The van der Waals surface area contributed by atoms with Crippen LogP contribution in [0.3, 0.4) is 0 Å². The molecule has 2 aromatic heterocycles. The fourth-order valence-electron chi connectivity index (χ4n) is 4.99. The fourth-order valence-corrected chi connectivity index (χ4v) is 4.99. The lowest BCUT2D eigenvalue weighted by molar-refractivity contribution is 0.00721. The summed E-state index contributed by atoms with van der Waals surface area (Å²) in [6, 6.07) is 19.3. The number of piperidine rings is 1. The number of aliphatic hydroxyl groups is 2. The Kier molecular flexibility index (Phi) is 6.32. The van der Waals surface area contributed by atoms with E-state index in [1.54, 1.807) is 27.2 Å². The number of fused-ring (bicyclic) bond motifs is 1. The molecule has 37 heavy (non-hydrogen) atoms. The molecule has 2 N–H and O–H groups in total. The number of hydrogen-bond acceptors (Lipinski definition) is 7. The van der Waals surface area contributed by atoms with Gasteiger partial charge < -0.3 is 19.8 Å². The highest BCUT2D eigenvalue weighted by atomic mass is 16.5. The number of anilines is 1. The summed E-state index contributed by atoms with van der Waals surface area (Å²) in [6.45, 7) is 4.67. The van der Waals surface area contributed by atoms with E-state index >= 15 is 0 Å². The second kappa shape index (κ2) is 9.47. The van der Waals surface area contributed by atoms with Crippen LogP contribution in [0.15, 0.2) is 67.0 Å². The standard InChI is InChI=1S/C30H30N4O3/c1-29(2,35)22-11-12-26(32-18-22)30(36)13-15-34(16-14-30)25-19-33-27-23(5-4-6-24(27)28(25)37-3)21-9-7-20(17-31)8-10-21/h4-12,18-19,35-36H,13-16H2,1-3H3. The number of nitrogens with zero attached hydrogens (tertiary/aromatic N) is 4. The van der Waals surface area contributed by atoms with Crippen molar-refractivity contribution >= 4 is 16.6 Å². The lowest BCUT2D eigenvalue weighted by atomic mass is 9.86. The zero-order valence-corrected chi connectivity index (χ0v) is 21.3. The monoisotopic (exact) mass is 494 g/mol. The second-order valence-corrected chi connectivity index (χ2v) is 10.1. The quantitative estimate of drug-likeness (QED) is 0.407. The van der Waals surface area contributed by atoms with E-state index < -0.39 is 11.2 Å². The summed E-state index contributed by atoms with van der Waals surface area (Å²) in [7, 11) is 1.67. The van der Waals surface area contributed by atoms with E-state index in [0.717, 1.165) is 33.5 Å². The maximum absolute atomic E-state index is 11.4. The molecule has 0 radical (unpaired) electrons. The van der Waals surface area contributed by atoms with Crippen molar-refractivity contribution in [3.8, 4) is 22.9 Å². The summed E-state index contributed by atoms with van der Waals surface area (Å²) >= 11 is 0. The van der Waals surface area contributed by atoms with E-state index in [0.29, 0.717) is 42.8 Å². The predicted molar refractivity (Wildman–Crippen MR) is 143 cm³/mol. The Bertz CT molecular complexity index is 1460. The molecule has 2 aromatic carbocycles. The molecule has 0 unspecified atom stereocenters. The van der Waals surface area contributed by atoms with E-state index in [4.69, 9.17) is 15.0 Å². The average molecular weight is 495 g/mol. The summed E-state index contributed by atoms with van der Waals surface area (Å²) < 4.78 is 5.90. The first-order valence-corrected chi connectivity index (χ1v) is 12.4. The van der Waals surface area contributed by atoms with Crippen molar-refractivity contribution in [2.45, 2.75) is 37.9 Å². The molecule has 0 bridgehead atoms. The minimum Gasteiger partial charge on any atom is -0.494 e. The summed E-state index contributed by atoms with van der Waals surface area (Å²) in [4.78, 5) is 11.5. The molecule has 3 heterocycles. The Morgan fingerprint density at radius 1 is 1.00 bits per heavy atom. The highest BCUT2D eigenvalue weighted by Crippen LogP contribution is 2.41. The Morgan fingerprint density at radius 2 is 1.73 bits per heavy atom. The summed E-state index contributed by atoms with van der Waals surface area (Å²) in [6.07, 6.45) is 4.50. The largest absolute Gasteiger partial charge is 0.494 e. The van der Waals surface area contributed by atoms with Gasteiger partial charge in [0, 0.05) is 35.8 Å². The van der Waals surface area contributed by atoms with Crippen molar-refractivity contribution < 1.29 is 14.9 Å². The van der Waals surface area contributed by atoms with E-state index in [-0.39, 0.29) is 0 Å². The molecule has 0 spiro atoms. The molecule has 188 valence electrons. The molecule has 0 amide bonds. The Balaban J connectivity index is 1.42. The van der Waals surface area contributed by atoms with Crippen molar-refractivity contribution in [1.29, 1.82) is 5.26 Å². The van der Waals surface area contributed by atoms with Gasteiger partial charge in [-0.25, -0.2) is 0 Å². The molecular weight excluding hydrogens is 464 g/mol. The number of rotatable bonds is 5. The molecule has 7 nitrogen and oxygen atoms in total. The molecule has 0 aliphatic carbocycles. The van der Waals surface area contributed by atoms with Crippen LogP contribution in [0.4, 0.5) is 5.69 Å². The summed E-state index contributed by atoms with van der Waals surface area (Å²) in [5.41, 5.74) is 3.62. The van der Waals surface area contributed by atoms with Crippen LogP contribution in [-0.4, -0.2) is 40.4 Å². The number of para-hydroxylation sites is 1. The van der Waals surface area contributed by atoms with Crippen LogP contribution in [0, 0.1) is 11.3 Å². The van der Waals surface area contributed by atoms with E-state index in [2.05, 4.69) is 16.0 Å². The first-order chi connectivity index (χ1) is 17.7. The first-order valence-electron chi connectivity index (χ1n) is 12.4. The van der Waals surface area contributed by atoms with Gasteiger partial charge in [-0.1, -0.05) is 30.3 Å². The molecule has 1 fully saturated rings. The van der Waals surface area contributed by atoms with Crippen molar-refractivity contribution in [1.82, 2.24) is 9.97 Å². The fraction of sp³-hybridized carbons (Fsp3) is 0.300. The Labute approximate surface area is 216 Å². The third kappa shape index (κ3) is 4.62. The smallest absolute Gasteiger partial charge is 0.153 e. The van der Waals surface area contributed by atoms with Crippen LogP contribution < -0.4 is 9.64 Å². The minimum absolute atomic E-state index is 0.508. The Hall–Kier alpha value is -3.99. The third-order valence-electron chi connectivity index (χ3n) is 7.24. The van der Waals surface area contributed by atoms with Gasteiger partial charge in [0.2, 0.25) is 0 Å². The van der Waals surface area contributed by atoms with Gasteiger partial charge >= 0.3 is 0 Å². The topological polar surface area (TPSA) is 102 Å². The van der Waals surface area contributed by atoms with Gasteiger partial charge in [-0.05, 0) is 56.5 Å². The normalized spacial score (nSPS) is 15.4. The molecule has 1 saturated heterocycles. The van der Waals surface area contributed by atoms with Gasteiger partial charge in [-0.3, -0.25) is 9.97 Å². The van der Waals surface area contributed by atoms with Gasteiger partial charge in [0.05, 0.1) is 47.4 Å². The molecule has 0 saturated carbocycles. The van der Waals surface area contributed by atoms with Crippen LogP contribution >= 0.6 is 0 Å². The number of benzene rings is 2. The van der Waals surface area contributed by atoms with Gasteiger partial charge in [0.15, 0.2) is 5.75 Å². The highest BCUT2D eigenvalue weighted by molar-refractivity contribution is 5.99. The number of methoxy groups -OCH3 is 1. The second-order valence-electron chi connectivity index (χ2n) is 10.1. The van der Waals surface area contributed by atoms with Crippen molar-refractivity contribution in [2.75, 3.05) is 25.1 Å². The van der Waals surface area contributed by atoms with Crippen LogP contribution in [0.1, 0.15) is 43.5 Å². The maximum atomic E-state index is 11.4. The van der Waals surface area contributed by atoms with Crippen LogP contribution in [0.2, 0.25) is 0 Å². The van der Waals surface area contributed by atoms with E-state index in [1.807, 2.05) is 60.8 Å². The van der Waals surface area contributed by atoms with Crippen LogP contribution in [0.25, 0.3) is 22.0 Å². The van der Waals surface area contributed by atoms with Gasteiger partial charge in [0.25, 0.3) is 0 Å². The molecular formula is C30H30N4O3. The lowest BCUT2D eigenvalue weighted by Gasteiger charge is -2.39. The maximum Gasteiger partial charge on any atom is 0.153 e. The molecule has 1 aliphatic heterocycles. The SMILES string of the molecule is COc1c(N2CCC(O)(c3ccc(C(C)(C)O)cn3)CC2)cnc2c(-c3ccc(C#N)cc3)cccc12. The minimum atomic E-state index is -1.03. The van der Waals surface area contributed by atoms with Crippen LogP contribution in [-0.2, 0) is 11.2 Å². The predicted octanol–water partition coefficient (Wildman–Crippen LogP) is 4.89. The number of ether oxygens (including phenoxy) is 1. The van der Waals surface area contributed by atoms with Gasteiger partial charge in [-0.15, -0.1) is 0 Å². The van der Waals surface area contributed by atoms with Gasteiger partial charge in [-0.2, -0.15) is 5.26 Å². The summed E-state index contributed by atoms with van der Waals surface area (Å²) in [5.74, 6) is 0.749. The van der Waals surface area contributed by atoms with E-state index in [1.165, 1.54) is 0 Å². The third-order valence-corrected chi connectivity index (χ3v) is 7.24. The summed E-state index contributed by atoms with van der Waals surface area (Å²) in [5, 5.41) is 31.6. The molecule has 4 aromatic rings. The molecule has 5 rings (SSSR count). The Morgan fingerprint density at radius 3 is 2.32 bits per heavy atom.